The number of nitrogens with one attached hydrogen (secondary N) is 2. The van der Waals surface area contributed by atoms with Crippen LogP contribution in [0.3, 0.4) is 0 Å². The van der Waals surface area contributed by atoms with E-state index in [2.05, 4.69) is 32.2 Å². The number of amidine groups is 1. The number of ether oxygens (including phenoxy) is 1. The monoisotopic (exact) mass is 486 g/mol. The Hall–Kier alpha value is -3.46. The van der Waals surface area contributed by atoms with Crippen molar-refractivity contribution in [3.63, 3.8) is 0 Å². The first-order chi connectivity index (χ1) is 16.3. The summed E-state index contributed by atoms with van der Waals surface area (Å²) in [6, 6.07) is 4.19. The summed E-state index contributed by atoms with van der Waals surface area (Å²) in [4.78, 5) is 12.6. The molecule has 0 aliphatic carbocycles. The number of methoxy groups -OCH3 is 1. The molecule has 1 aliphatic heterocycles. The Morgan fingerprint density at radius 3 is 2.82 bits per heavy atom. The molecule has 3 aromatic rings. The SMILES string of the molecule is C=C(NC(C)=NC)c1ncn2c1CC[C@H](c1c(F)ccc(Nc3cc(Cl)cnc3OC)c1F)C2. The van der Waals surface area contributed by atoms with Gasteiger partial charge in [-0.1, -0.05) is 18.2 Å². The quantitative estimate of drug-likeness (QED) is 0.365. The molecule has 0 amide bonds. The molecule has 1 aliphatic rings. The highest BCUT2D eigenvalue weighted by Gasteiger charge is 2.29. The number of benzene rings is 1. The third-order valence-electron chi connectivity index (χ3n) is 5.86. The number of nitrogens with zero attached hydrogens (tertiary/aromatic N) is 4. The van der Waals surface area contributed by atoms with Crippen molar-refractivity contribution in [3.05, 3.63) is 70.9 Å². The van der Waals surface area contributed by atoms with Crippen LogP contribution in [0, 0.1) is 11.6 Å². The number of imidazole rings is 1. The van der Waals surface area contributed by atoms with Gasteiger partial charge in [0.2, 0.25) is 5.88 Å². The molecule has 0 bridgehead atoms. The molecule has 178 valence electrons. The molecule has 2 N–H and O–H groups in total. The van der Waals surface area contributed by atoms with E-state index in [4.69, 9.17) is 16.3 Å². The van der Waals surface area contributed by atoms with Crippen molar-refractivity contribution >= 4 is 34.5 Å². The highest BCUT2D eigenvalue weighted by atomic mass is 35.5. The molecule has 1 atom stereocenters. The first-order valence-corrected chi connectivity index (χ1v) is 11.1. The highest BCUT2D eigenvalue weighted by molar-refractivity contribution is 6.30. The summed E-state index contributed by atoms with van der Waals surface area (Å²) in [6.07, 6.45) is 4.28. The Balaban J connectivity index is 1.61. The standard InChI is InChI=1S/C24H25ClF2N6O/c1-13(31-14(2)28-3)23-20-8-5-15(11-33(20)12-30-23)21-17(26)6-7-18(22(21)27)32-19-9-16(25)10-29-24(19)34-4/h6-7,9-10,12,15,32H,1,5,8,11H2,2-4H3,(H,28,31)/t15-/m0/s1. The molecule has 0 saturated carbocycles. The van der Waals surface area contributed by atoms with E-state index >= 15 is 4.39 Å². The first kappa shape index (κ1) is 23.7. The number of aromatic nitrogens is 3. The van der Waals surface area contributed by atoms with Gasteiger partial charge < -0.3 is 19.9 Å². The number of anilines is 2. The molecule has 34 heavy (non-hydrogen) atoms. The molecule has 7 nitrogen and oxygen atoms in total. The van der Waals surface area contributed by atoms with Crippen molar-refractivity contribution in [2.45, 2.75) is 32.2 Å². The molecule has 3 heterocycles. The molecule has 0 fully saturated rings. The van der Waals surface area contributed by atoms with Crippen molar-refractivity contribution in [2.24, 2.45) is 4.99 Å². The lowest BCUT2D eigenvalue weighted by molar-refractivity contribution is 0.400. The van der Waals surface area contributed by atoms with Crippen LogP contribution >= 0.6 is 11.6 Å². The van der Waals surface area contributed by atoms with E-state index in [0.29, 0.717) is 35.8 Å². The lowest BCUT2D eigenvalue weighted by atomic mass is 9.89. The van der Waals surface area contributed by atoms with Gasteiger partial charge in [-0.2, -0.15) is 0 Å². The maximum Gasteiger partial charge on any atom is 0.237 e. The number of hydrogen-bond acceptors (Lipinski definition) is 5. The van der Waals surface area contributed by atoms with Crippen molar-refractivity contribution in [2.75, 3.05) is 19.5 Å². The van der Waals surface area contributed by atoms with Gasteiger partial charge in [0.15, 0.2) is 5.82 Å². The minimum absolute atomic E-state index is 0.0331. The Morgan fingerprint density at radius 1 is 1.29 bits per heavy atom. The van der Waals surface area contributed by atoms with Crippen LogP contribution in [-0.4, -0.2) is 34.5 Å². The second-order valence-corrected chi connectivity index (χ2v) is 8.43. The normalized spacial score (nSPS) is 15.6. The average Bonchev–Trinajstić information content (AvgIpc) is 3.24. The number of pyridine rings is 1. The summed E-state index contributed by atoms with van der Waals surface area (Å²) in [7, 11) is 3.14. The molecule has 1 aromatic carbocycles. The molecule has 0 spiro atoms. The van der Waals surface area contributed by atoms with Gasteiger partial charge in [-0.25, -0.2) is 18.7 Å². The zero-order valence-electron chi connectivity index (χ0n) is 19.1. The largest absolute Gasteiger partial charge is 0.480 e. The number of hydrogen-bond donors (Lipinski definition) is 2. The third kappa shape index (κ3) is 4.61. The van der Waals surface area contributed by atoms with Crippen molar-refractivity contribution in [1.82, 2.24) is 19.9 Å². The Bertz CT molecular complexity index is 1270. The number of rotatable bonds is 6. The molecule has 2 aromatic heterocycles. The predicted molar refractivity (Wildman–Crippen MR) is 130 cm³/mol. The van der Waals surface area contributed by atoms with E-state index in [1.54, 1.807) is 19.4 Å². The molecular formula is C24H25ClF2N6O. The summed E-state index contributed by atoms with van der Waals surface area (Å²) < 4.78 is 37.6. The van der Waals surface area contributed by atoms with E-state index in [0.717, 1.165) is 17.2 Å². The van der Waals surface area contributed by atoms with Crippen LogP contribution in [-0.2, 0) is 13.0 Å². The van der Waals surface area contributed by atoms with Crippen molar-refractivity contribution < 1.29 is 13.5 Å². The number of fused-ring (bicyclic) bond motifs is 1. The zero-order valence-corrected chi connectivity index (χ0v) is 19.9. The minimum atomic E-state index is -0.656. The lowest BCUT2D eigenvalue weighted by Gasteiger charge is -2.26. The number of halogens is 3. The van der Waals surface area contributed by atoms with Crippen LogP contribution in [0.2, 0.25) is 5.02 Å². The summed E-state index contributed by atoms with van der Waals surface area (Å²) >= 11 is 6.03. The fourth-order valence-corrected chi connectivity index (χ4v) is 4.31. The van der Waals surface area contributed by atoms with E-state index in [1.165, 1.54) is 25.4 Å². The third-order valence-corrected chi connectivity index (χ3v) is 6.07. The lowest BCUT2D eigenvalue weighted by Crippen LogP contribution is -2.23. The van der Waals surface area contributed by atoms with Crippen LogP contribution in [0.1, 0.15) is 36.2 Å². The molecular weight excluding hydrogens is 462 g/mol. The van der Waals surface area contributed by atoms with Gasteiger partial charge >= 0.3 is 0 Å². The summed E-state index contributed by atoms with van der Waals surface area (Å²) in [5.74, 6) is -0.637. The predicted octanol–water partition coefficient (Wildman–Crippen LogP) is 5.30. The Morgan fingerprint density at radius 2 is 2.09 bits per heavy atom. The van der Waals surface area contributed by atoms with Gasteiger partial charge in [0.05, 0.1) is 35.7 Å². The van der Waals surface area contributed by atoms with E-state index in [1.807, 2.05) is 11.5 Å². The maximum atomic E-state index is 15.6. The van der Waals surface area contributed by atoms with Crippen molar-refractivity contribution in [1.29, 1.82) is 0 Å². The Labute approximate surface area is 201 Å². The average molecular weight is 487 g/mol. The summed E-state index contributed by atoms with van der Waals surface area (Å²) in [6.45, 7) is 6.29. The van der Waals surface area contributed by atoms with Gasteiger partial charge in [0.25, 0.3) is 0 Å². The van der Waals surface area contributed by atoms with Crippen LogP contribution in [0.4, 0.5) is 20.2 Å². The molecule has 4 rings (SSSR count). The topological polar surface area (TPSA) is 76.4 Å². The maximum absolute atomic E-state index is 15.6. The minimum Gasteiger partial charge on any atom is -0.480 e. The van der Waals surface area contributed by atoms with Crippen molar-refractivity contribution in [3.8, 4) is 5.88 Å². The molecule has 0 unspecified atom stereocenters. The molecule has 0 saturated heterocycles. The smallest absolute Gasteiger partial charge is 0.237 e. The van der Waals surface area contributed by atoms with Gasteiger partial charge in [-0.15, -0.1) is 0 Å². The highest BCUT2D eigenvalue weighted by Crippen LogP contribution is 2.37. The van der Waals surface area contributed by atoms with Gasteiger partial charge in [-0.3, -0.25) is 4.99 Å². The molecule has 10 heteroatoms. The van der Waals surface area contributed by atoms with Gasteiger partial charge in [0.1, 0.15) is 17.2 Å². The number of aliphatic imine (C=N–C) groups is 1. The Kier molecular flexibility index (Phi) is 6.83. The van der Waals surface area contributed by atoms with Crippen LogP contribution in [0.15, 0.2) is 42.3 Å². The second kappa shape index (κ2) is 9.80. The van der Waals surface area contributed by atoms with Gasteiger partial charge in [-0.05, 0) is 38.0 Å². The zero-order chi connectivity index (χ0) is 24.4. The molecule has 0 radical (unpaired) electrons. The fourth-order valence-electron chi connectivity index (χ4n) is 4.15. The van der Waals surface area contributed by atoms with Gasteiger partial charge in [0, 0.05) is 37.0 Å². The van der Waals surface area contributed by atoms with Crippen LogP contribution < -0.4 is 15.4 Å². The van der Waals surface area contributed by atoms with Crippen LogP contribution in [0.25, 0.3) is 5.70 Å². The van der Waals surface area contributed by atoms with E-state index in [9.17, 15) is 4.39 Å². The second-order valence-electron chi connectivity index (χ2n) is 8.00. The first-order valence-electron chi connectivity index (χ1n) is 10.7. The van der Waals surface area contributed by atoms with Crippen LogP contribution in [0.5, 0.6) is 5.88 Å². The van der Waals surface area contributed by atoms with E-state index < -0.39 is 11.6 Å². The summed E-state index contributed by atoms with van der Waals surface area (Å²) in [5, 5.41) is 6.41. The fraction of sp³-hybridized carbons (Fsp3) is 0.292. The summed E-state index contributed by atoms with van der Waals surface area (Å²) in [5.41, 5.74) is 2.88. The van der Waals surface area contributed by atoms with E-state index in [-0.39, 0.29) is 23.0 Å².